The molecule has 0 unspecified atom stereocenters. The van der Waals surface area contributed by atoms with E-state index in [0.717, 1.165) is 0 Å². The molecule has 0 saturated heterocycles. The fourth-order valence-corrected chi connectivity index (χ4v) is 2.90. The van der Waals surface area contributed by atoms with E-state index in [9.17, 15) is 9.18 Å². The number of halogens is 2. The van der Waals surface area contributed by atoms with Crippen LogP contribution in [0.4, 0.5) is 4.39 Å². The first-order valence-corrected chi connectivity index (χ1v) is 8.02. The monoisotopic (exact) mass is 347 g/mol. The zero-order valence-corrected chi connectivity index (χ0v) is 13.4. The maximum Gasteiger partial charge on any atom is 0.317 e. The Morgan fingerprint density at radius 1 is 1.22 bits per heavy atom. The molecule has 3 rings (SSSR count). The van der Waals surface area contributed by atoms with E-state index in [0.29, 0.717) is 27.0 Å². The van der Waals surface area contributed by atoms with Crippen LogP contribution in [0.2, 0.25) is 5.02 Å². The second-order valence-electron chi connectivity index (χ2n) is 4.76. The summed E-state index contributed by atoms with van der Waals surface area (Å²) in [6.07, 6.45) is 0.0500. The van der Waals surface area contributed by atoms with E-state index < -0.39 is 5.97 Å². The third kappa shape index (κ3) is 4.15. The SMILES string of the molecule is O=C(Cc1csc(-c2cccc(F)c2)n1)Oc1ccc(Cl)cc1. The minimum absolute atomic E-state index is 0.0500. The normalized spacial score (nSPS) is 10.5. The average molecular weight is 348 g/mol. The molecule has 0 N–H and O–H groups in total. The molecule has 0 atom stereocenters. The van der Waals surface area contributed by atoms with Gasteiger partial charge in [0.2, 0.25) is 0 Å². The smallest absolute Gasteiger partial charge is 0.317 e. The predicted molar refractivity (Wildman–Crippen MR) is 88.3 cm³/mol. The quantitative estimate of drug-likeness (QED) is 0.505. The van der Waals surface area contributed by atoms with E-state index in [2.05, 4.69) is 4.98 Å². The van der Waals surface area contributed by atoms with Crippen LogP contribution in [0, 0.1) is 5.82 Å². The largest absolute Gasteiger partial charge is 0.426 e. The molecule has 1 aromatic heterocycles. The van der Waals surface area contributed by atoms with Crippen molar-refractivity contribution in [2.24, 2.45) is 0 Å². The Morgan fingerprint density at radius 3 is 2.74 bits per heavy atom. The molecule has 0 aliphatic carbocycles. The van der Waals surface area contributed by atoms with Gasteiger partial charge in [-0.25, -0.2) is 9.37 Å². The second-order valence-corrected chi connectivity index (χ2v) is 6.05. The first kappa shape index (κ1) is 15.6. The third-order valence-corrected chi connectivity index (χ3v) is 4.19. The average Bonchev–Trinajstić information content (AvgIpc) is 2.98. The molecule has 0 spiro atoms. The molecule has 116 valence electrons. The summed E-state index contributed by atoms with van der Waals surface area (Å²) in [6.45, 7) is 0. The van der Waals surface area contributed by atoms with Gasteiger partial charge in [-0.3, -0.25) is 4.79 Å². The molecular formula is C17H11ClFNO2S. The van der Waals surface area contributed by atoms with Crippen molar-refractivity contribution in [2.75, 3.05) is 0 Å². The van der Waals surface area contributed by atoms with E-state index in [1.807, 2.05) is 0 Å². The van der Waals surface area contributed by atoms with Crippen LogP contribution in [-0.2, 0) is 11.2 Å². The lowest BCUT2D eigenvalue weighted by Crippen LogP contribution is -2.11. The van der Waals surface area contributed by atoms with Crippen molar-refractivity contribution in [1.82, 2.24) is 4.98 Å². The first-order chi connectivity index (χ1) is 11.1. The lowest BCUT2D eigenvalue weighted by Gasteiger charge is -2.02. The molecule has 2 aromatic carbocycles. The van der Waals surface area contributed by atoms with Gasteiger partial charge in [0, 0.05) is 16.0 Å². The standard InChI is InChI=1S/C17H11ClFNO2S/c18-12-4-6-15(7-5-12)22-16(21)9-14-10-23-17(20-14)11-2-1-3-13(19)8-11/h1-8,10H,9H2. The zero-order valence-electron chi connectivity index (χ0n) is 11.8. The van der Waals surface area contributed by atoms with Gasteiger partial charge < -0.3 is 4.74 Å². The number of thiazole rings is 1. The number of carbonyl (C=O) groups is 1. The fraction of sp³-hybridized carbons (Fsp3) is 0.0588. The minimum atomic E-state index is -0.414. The van der Waals surface area contributed by atoms with Crippen LogP contribution < -0.4 is 4.74 Å². The molecule has 0 radical (unpaired) electrons. The molecule has 6 heteroatoms. The molecule has 0 fully saturated rings. The Bertz CT molecular complexity index is 833. The summed E-state index contributed by atoms with van der Waals surface area (Å²) in [5.41, 5.74) is 1.28. The van der Waals surface area contributed by atoms with Crippen LogP contribution in [0.1, 0.15) is 5.69 Å². The van der Waals surface area contributed by atoms with Crippen molar-refractivity contribution in [1.29, 1.82) is 0 Å². The molecule has 0 aliphatic heterocycles. The van der Waals surface area contributed by atoms with Crippen LogP contribution in [0.5, 0.6) is 5.75 Å². The number of nitrogens with zero attached hydrogens (tertiary/aromatic N) is 1. The van der Waals surface area contributed by atoms with Gasteiger partial charge in [0.05, 0.1) is 12.1 Å². The number of hydrogen-bond acceptors (Lipinski definition) is 4. The maximum atomic E-state index is 13.2. The summed E-state index contributed by atoms with van der Waals surface area (Å²) in [5.74, 6) is -0.301. The summed E-state index contributed by atoms with van der Waals surface area (Å²) in [4.78, 5) is 16.3. The van der Waals surface area contributed by atoms with Gasteiger partial charge in [-0.05, 0) is 36.4 Å². The Kier molecular flexibility index (Phi) is 4.69. The van der Waals surface area contributed by atoms with Crippen molar-refractivity contribution in [3.63, 3.8) is 0 Å². The van der Waals surface area contributed by atoms with Gasteiger partial charge in [-0.1, -0.05) is 23.7 Å². The molecule has 0 aliphatic rings. The minimum Gasteiger partial charge on any atom is -0.426 e. The lowest BCUT2D eigenvalue weighted by molar-refractivity contribution is -0.133. The van der Waals surface area contributed by atoms with E-state index in [-0.39, 0.29) is 12.2 Å². The highest BCUT2D eigenvalue weighted by atomic mass is 35.5. The number of ether oxygens (including phenoxy) is 1. The summed E-state index contributed by atoms with van der Waals surface area (Å²) in [5, 5.41) is 3.01. The number of hydrogen-bond donors (Lipinski definition) is 0. The highest BCUT2D eigenvalue weighted by molar-refractivity contribution is 7.13. The maximum absolute atomic E-state index is 13.2. The Morgan fingerprint density at radius 2 is 2.00 bits per heavy atom. The molecule has 1 heterocycles. The summed E-state index contributed by atoms with van der Waals surface area (Å²) in [6, 6.07) is 12.7. The number of carbonyl (C=O) groups excluding carboxylic acids is 1. The lowest BCUT2D eigenvalue weighted by atomic mass is 10.2. The predicted octanol–water partition coefficient (Wildman–Crippen LogP) is 4.75. The van der Waals surface area contributed by atoms with Crippen LogP contribution >= 0.6 is 22.9 Å². The fourth-order valence-electron chi connectivity index (χ4n) is 1.96. The van der Waals surface area contributed by atoms with Crippen molar-refractivity contribution >= 4 is 28.9 Å². The summed E-state index contributed by atoms with van der Waals surface area (Å²) in [7, 11) is 0. The van der Waals surface area contributed by atoms with E-state index in [4.69, 9.17) is 16.3 Å². The van der Waals surface area contributed by atoms with Crippen molar-refractivity contribution in [3.8, 4) is 16.3 Å². The van der Waals surface area contributed by atoms with Gasteiger partial charge in [-0.15, -0.1) is 11.3 Å². The Hall–Kier alpha value is -2.24. The number of benzene rings is 2. The second kappa shape index (κ2) is 6.89. The van der Waals surface area contributed by atoms with Gasteiger partial charge >= 0.3 is 5.97 Å². The molecule has 3 nitrogen and oxygen atoms in total. The Labute approximate surface area is 141 Å². The highest BCUT2D eigenvalue weighted by Crippen LogP contribution is 2.24. The van der Waals surface area contributed by atoms with Crippen molar-refractivity contribution in [3.05, 3.63) is 70.4 Å². The molecular weight excluding hydrogens is 337 g/mol. The third-order valence-electron chi connectivity index (χ3n) is 2.99. The first-order valence-electron chi connectivity index (χ1n) is 6.77. The van der Waals surface area contributed by atoms with Crippen molar-refractivity contribution < 1.29 is 13.9 Å². The molecule has 3 aromatic rings. The van der Waals surface area contributed by atoms with Crippen molar-refractivity contribution in [2.45, 2.75) is 6.42 Å². The van der Waals surface area contributed by atoms with Crippen LogP contribution in [0.25, 0.3) is 10.6 Å². The number of esters is 1. The highest BCUT2D eigenvalue weighted by Gasteiger charge is 2.11. The summed E-state index contributed by atoms with van der Waals surface area (Å²) < 4.78 is 18.4. The van der Waals surface area contributed by atoms with Crippen LogP contribution in [0.15, 0.2) is 53.9 Å². The molecule has 0 amide bonds. The summed E-state index contributed by atoms with van der Waals surface area (Å²) >= 11 is 7.13. The number of rotatable bonds is 4. The topological polar surface area (TPSA) is 39.2 Å². The van der Waals surface area contributed by atoms with Crippen LogP contribution in [-0.4, -0.2) is 11.0 Å². The van der Waals surface area contributed by atoms with Crippen LogP contribution in [0.3, 0.4) is 0 Å². The van der Waals surface area contributed by atoms with E-state index in [1.54, 1.807) is 41.8 Å². The Balaban J connectivity index is 1.66. The van der Waals surface area contributed by atoms with Gasteiger partial charge in [0.15, 0.2) is 0 Å². The number of aromatic nitrogens is 1. The molecule has 23 heavy (non-hydrogen) atoms. The van der Waals surface area contributed by atoms with E-state index >= 15 is 0 Å². The van der Waals surface area contributed by atoms with E-state index in [1.165, 1.54) is 23.5 Å². The zero-order chi connectivity index (χ0) is 16.2. The molecule has 0 bridgehead atoms. The van der Waals surface area contributed by atoms with Gasteiger partial charge in [0.1, 0.15) is 16.6 Å². The van der Waals surface area contributed by atoms with Gasteiger partial charge in [-0.2, -0.15) is 0 Å². The molecule has 0 saturated carbocycles. The van der Waals surface area contributed by atoms with Gasteiger partial charge in [0.25, 0.3) is 0 Å².